The lowest BCUT2D eigenvalue weighted by Gasteiger charge is -2.27. The molecular formula is C64H42N2. The maximum absolute atomic E-state index is 2.45. The topological polar surface area (TPSA) is 8.17 Å². The molecule has 0 aliphatic heterocycles. The summed E-state index contributed by atoms with van der Waals surface area (Å²) < 4.78 is 2.45. The van der Waals surface area contributed by atoms with Crippen LogP contribution in [0.25, 0.3) is 104 Å². The lowest BCUT2D eigenvalue weighted by molar-refractivity contribution is 1.18. The van der Waals surface area contributed by atoms with Crippen molar-refractivity contribution in [3.63, 3.8) is 0 Å². The minimum absolute atomic E-state index is 1.08. The van der Waals surface area contributed by atoms with Crippen molar-refractivity contribution in [1.82, 2.24) is 4.57 Å². The second kappa shape index (κ2) is 15.5. The molecule has 0 saturated carbocycles. The highest BCUT2D eigenvalue weighted by atomic mass is 15.1. The minimum atomic E-state index is 1.08. The predicted molar refractivity (Wildman–Crippen MR) is 282 cm³/mol. The third kappa shape index (κ3) is 6.11. The van der Waals surface area contributed by atoms with Gasteiger partial charge < -0.3 is 9.47 Å². The van der Waals surface area contributed by atoms with Crippen molar-refractivity contribution in [3.05, 3.63) is 255 Å². The Morgan fingerprint density at radius 1 is 0.242 bits per heavy atom. The molecular weight excluding hydrogens is 797 g/mol. The quantitative estimate of drug-likeness (QED) is 0.145. The molecule has 0 aliphatic carbocycles. The van der Waals surface area contributed by atoms with Gasteiger partial charge in [-0.05, 0) is 138 Å². The van der Waals surface area contributed by atoms with Crippen molar-refractivity contribution < 1.29 is 0 Å². The molecule has 0 spiro atoms. The van der Waals surface area contributed by atoms with Crippen LogP contribution < -0.4 is 4.90 Å². The van der Waals surface area contributed by atoms with Crippen molar-refractivity contribution >= 4 is 82.0 Å². The second-order valence-corrected chi connectivity index (χ2v) is 17.2. The highest BCUT2D eigenvalue weighted by molar-refractivity contribution is 6.16. The summed E-state index contributed by atoms with van der Waals surface area (Å²) in [5, 5.41) is 12.5. The number of fused-ring (bicyclic) bond motifs is 9. The maximum Gasteiger partial charge on any atom is 0.0541 e. The van der Waals surface area contributed by atoms with Crippen LogP contribution in [0.5, 0.6) is 0 Å². The van der Waals surface area contributed by atoms with Crippen LogP contribution in [0.4, 0.5) is 17.1 Å². The fraction of sp³-hybridized carbons (Fsp3) is 0. The standard InChI is InChI=1S/C64H42N2/c1-2-20-46(21-3-1)65(47-36-34-43(35-37-47)59-40-44-18-4-6-22-49(44)51-24-8-10-26-53(51)59)48-38-39-55(61(42-48)60-41-45-19-5-7-23-50(45)52-25-9-11-27-54(52)60)56-28-12-15-31-62(56)66-63-32-16-13-29-57(63)58-30-14-17-33-64(58)66/h1-42H. The fourth-order valence-electron chi connectivity index (χ4n) is 10.6. The van der Waals surface area contributed by atoms with Gasteiger partial charge in [-0.2, -0.15) is 0 Å². The van der Waals surface area contributed by atoms with Gasteiger partial charge in [0.05, 0.1) is 16.7 Å². The average Bonchev–Trinajstić information content (AvgIpc) is 3.73. The van der Waals surface area contributed by atoms with Crippen molar-refractivity contribution in [2.45, 2.75) is 0 Å². The summed E-state index contributed by atoms with van der Waals surface area (Å²) in [6.45, 7) is 0. The van der Waals surface area contributed by atoms with E-state index in [1.165, 1.54) is 98.3 Å². The summed E-state index contributed by atoms with van der Waals surface area (Å²) in [4.78, 5) is 2.40. The van der Waals surface area contributed by atoms with Gasteiger partial charge in [-0.1, -0.05) is 188 Å². The zero-order valence-corrected chi connectivity index (χ0v) is 36.1. The Hall–Kier alpha value is -8.72. The van der Waals surface area contributed by atoms with Crippen molar-refractivity contribution in [2.75, 3.05) is 4.90 Å². The lowest BCUT2D eigenvalue weighted by Crippen LogP contribution is -2.10. The van der Waals surface area contributed by atoms with Crippen LogP contribution in [0.1, 0.15) is 0 Å². The van der Waals surface area contributed by atoms with Crippen molar-refractivity contribution in [3.8, 4) is 39.1 Å². The first-order valence-electron chi connectivity index (χ1n) is 22.8. The number of benzene rings is 12. The summed E-state index contributed by atoms with van der Waals surface area (Å²) in [6.07, 6.45) is 0. The van der Waals surface area contributed by atoms with Gasteiger partial charge in [0, 0.05) is 33.4 Å². The van der Waals surface area contributed by atoms with Crippen molar-refractivity contribution in [2.24, 2.45) is 0 Å². The molecule has 0 bridgehead atoms. The maximum atomic E-state index is 2.45. The van der Waals surface area contributed by atoms with Crippen LogP contribution in [0.3, 0.4) is 0 Å². The highest BCUT2D eigenvalue weighted by Gasteiger charge is 2.22. The first kappa shape index (κ1) is 37.8. The summed E-state index contributed by atoms with van der Waals surface area (Å²) in [7, 11) is 0. The van der Waals surface area contributed by atoms with Crippen LogP contribution in [-0.2, 0) is 0 Å². The van der Waals surface area contributed by atoms with Gasteiger partial charge in [0.2, 0.25) is 0 Å². The van der Waals surface area contributed by atoms with Crippen LogP contribution >= 0.6 is 0 Å². The Kier molecular flexibility index (Phi) is 8.89. The molecule has 0 fully saturated rings. The van der Waals surface area contributed by atoms with E-state index in [0.29, 0.717) is 0 Å². The normalized spacial score (nSPS) is 11.6. The molecule has 0 radical (unpaired) electrons. The first-order valence-corrected chi connectivity index (χ1v) is 22.8. The summed E-state index contributed by atoms with van der Waals surface area (Å²) in [6, 6.07) is 93.4. The van der Waals surface area contributed by atoms with Gasteiger partial charge in [0.25, 0.3) is 0 Å². The predicted octanol–water partition coefficient (Wildman–Crippen LogP) is 17.9. The van der Waals surface area contributed by atoms with E-state index in [0.717, 1.165) is 22.7 Å². The van der Waals surface area contributed by atoms with E-state index in [2.05, 4.69) is 264 Å². The van der Waals surface area contributed by atoms with E-state index in [4.69, 9.17) is 0 Å². The third-order valence-corrected chi connectivity index (χ3v) is 13.6. The van der Waals surface area contributed by atoms with Gasteiger partial charge in [0.1, 0.15) is 0 Å². The van der Waals surface area contributed by atoms with Gasteiger partial charge in [-0.3, -0.25) is 0 Å². The number of hydrogen-bond donors (Lipinski definition) is 0. The van der Waals surface area contributed by atoms with E-state index in [1.807, 2.05) is 0 Å². The number of hydrogen-bond acceptors (Lipinski definition) is 1. The number of aromatic nitrogens is 1. The van der Waals surface area contributed by atoms with E-state index in [-0.39, 0.29) is 0 Å². The lowest BCUT2D eigenvalue weighted by atomic mass is 9.88. The molecule has 1 aromatic heterocycles. The number of para-hydroxylation sites is 4. The minimum Gasteiger partial charge on any atom is -0.310 e. The number of anilines is 3. The Balaban J connectivity index is 1.04. The molecule has 0 amide bonds. The van der Waals surface area contributed by atoms with E-state index >= 15 is 0 Å². The monoisotopic (exact) mass is 838 g/mol. The molecule has 13 aromatic rings. The van der Waals surface area contributed by atoms with E-state index in [1.54, 1.807) is 0 Å². The molecule has 308 valence electrons. The average molecular weight is 839 g/mol. The second-order valence-electron chi connectivity index (χ2n) is 17.2. The van der Waals surface area contributed by atoms with Crippen molar-refractivity contribution in [1.29, 1.82) is 0 Å². The Morgan fingerprint density at radius 3 is 1.33 bits per heavy atom. The van der Waals surface area contributed by atoms with E-state index in [9.17, 15) is 0 Å². The van der Waals surface area contributed by atoms with Crippen LogP contribution in [-0.4, -0.2) is 4.57 Å². The summed E-state index contributed by atoms with van der Waals surface area (Å²) in [5.41, 5.74) is 13.9. The van der Waals surface area contributed by atoms with Crippen LogP contribution in [0, 0.1) is 0 Å². The van der Waals surface area contributed by atoms with E-state index < -0.39 is 0 Å². The van der Waals surface area contributed by atoms with Gasteiger partial charge >= 0.3 is 0 Å². The van der Waals surface area contributed by atoms with Gasteiger partial charge in [-0.15, -0.1) is 0 Å². The molecule has 1 heterocycles. The Labute approximate surface area is 383 Å². The highest BCUT2D eigenvalue weighted by Crippen LogP contribution is 2.46. The zero-order chi connectivity index (χ0) is 43.6. The molecule has 0 N–H and O–H groups in total. The molecule has 66 heavy (non-hydrogen) atoms. The molecule has 13 rings (SSSR count). The Morgan fingerprint density at radius 2 is 0.697 bits per heavy atom. The molecule has 2 nitrogen and oxygen atoms in total. The fourth-order valence-corrected chi connectivity index (χ4v) is 10.6. The SMILES string of the molecule is c1ccc(N(c2ccc(-c3cc4ccccc4c4ccccc34)cc2)c2ccc(-c3ccccc3-n3c4ccccc4c4ccccc43)c(-c3cc4ccccc4c4ccccc34)c2)cc1. The Bertz CT molecular complexity index is 3940. The summed E-state index contributed by atoms with van der Waals surface area (Å²) >= 11 is 0. The number of nitrogens with zero attached hydrogens (tertiary/aromatic N) is 2. The molecule has 0 unspecified atom stereocenters. The molecule has 2 heteroatoms. The van der Waals surface area contributed by atoms with Gasteiger partial charge in [-0.25, -0.2) is 0 Å². The molecule has 12 aromatic carbocycles. The largest absolute Gasteiger partial charge is 0.310 e. The number of rotatable bonds is 7. The molecule has 0 atom stereocenters. The summed E-state index contributed by atoms with van der Waals surface area (Å²) in [5.74, 6) is 0. The molecule has 0 aliphatic rings. The third-order valence-electron chi connectivity index (χ3n) is 13.6. The smallest absolute Gasteiger partial charge is 0.0541 e. The van der Waals surface area contributed by atoms with Crippen LogP contribution in [0.2, 0.25) is 0 Å². The zero-order valence-electron chi connectivity index (χ0n) is 36.1. The van der Waals surface area contributed by atoms with Crippen LogP contribution in [0.15, 0.2) is 255 Å². The first-order chi connectivity index (χ1) is 32.8. The molecule has 0 saturated heterocycles. The van der Waals surface area contributed by atoms with Gasteiger partial charge in [0.15, 0.2) is 0 Å².